The average Bonchev–Trinajstić information content (AvgIpc) is 2.78. The Morgan fingerprint density at radius 2 is 2.14 bits per heavy atom. The van der Waals surface area contributed by atoms with Crippen molar-refractivity contribution in [2.24, 2.45) is 5.14 Å². The number of carbonyl (C=O) groups excluding carboxylic acids is 1. The third-order valence-corrected chi connectivity index (χ3v) is 5.20. The molecular weight excluding hydrogens is 292 g/mol. The van der Waals surface area contributed by atoms with Gasteiger partial charge in [0.1, 0.15) is 18.3 Å². The number of nitrogens with one attached hydrogen (secondary N) is 1. The van der Waals surface area contributed by atoms with Crippen LogP contribution in [0, 0.1) is 0 Å². The molecule has 0 aromatic heterocycles. The molecular formula is C14H18N2O4S. The highest BCUT2D eigenvalue weighted by molar-refractivity contribution is 7.89. The van der Waals surface area contributed by atoms with Crippen LogP contribution in [0.15, 0.2) is 23.1 Å². The lowest BCUT2D eigenvalue weighted by Gasteiger charge is -2.39. The van der Waals surface area contributed by atoms with Gasteiger partial charge in [-0.3, -0.25) is 4.79 Å². The van der Waals surface area contributed by atoms with Gasteiger partial charge in [0.25, 0.3) is 0 Å². The molecule has 0 bridgehead atoms. The number of fused-ring (bicyclic) bond motifs is 1. The van der Waals surface area contributed by atoms with E-state index in [0.29, 0.717) is 11.3 Å². The molecule has 3 rings (SSSR count). The molecule has 1 aromatic rings. The first-order valence-corrected chi connectivity index (χ1v) is 8.45. The van der Waals surface area contributed by atoms with Crippen LogP contribution in [0.3, 0.4) is 0 Å². The summed E-state index contributed by atoms with van der Waals surface area (Å²) in [4.78, 5) is 12.4. The smallest absolute Gasteiger partial charge is 0.238 e. The van der Waals surface area contributed by atoms with Crippen LogP contribution < -0.4 is 15.2 Å². The van der Waals surface area contributed by atoms with Crippen LogP contribution in [-0.4, -0.2) is 26.5 Å². The summed E-state index contributed by atoms with van der Waals surface area (Å²) in [5.74, 6) is -0.0667. The Bertz CT molecular complexity index is 695. The number of nitrogens with two attached hydrogens (primary N) is 1. The van der Waals surface area contributed by atoms with E-state index in [9.17, 15) is 13.2 Å². The summed E-state index contributed by atoms with van der Waals surface area (Å²) < 4.78 is 28.3. The van der Waals surface area contributed by atoms with Gasteiger partial charge in [0.05, 0.1) is 4.90 Å². The standard InChI is InChI=1S/C14H18N2O4S/c1-14(5-2-6-14)16-13(17)11-8-20-12-4-3-9(7-10(11)12)21(15,18)19/h3-4,7,11H,2,5-6,8H2,1H3,(H,16,17)(H2,15,18,19). The summed E-state index contributed by atoms with van der Waals surface area (Å²) >= 11 is 0. The van der Waals surface area contributed by atoms with Gasteiger partial charge in [0.15, 0.2) is 0 Å². The minimum atomic E-state index is -3.79. The molecule has 0 radical (unpaired) electrons. The molecule has 3 N–H and O–H groups in total. The number of ether oxygens (including phenoxy) is 1. The van der Waals surface area contributed by atoms with E-state index >= 15 is 0 Å². The van der Waals surface area contributed by atoms with Crippen molar-refractivity contribution in [3.63, 3.8) is 0 Å². The van der Waals surface area contributed by atoms with Gasteiger partial charge >= 0.3 is 0 Å². The number of rotatable bonds is 3. The van der Waals surface area contributed by atoms with Crippen molar-refractivity contribution in [1.29, 1.82) is 0 Å². The number of benzene rings is 1. The van der Waals surface area contributed by atoms with Crippen LogP contribution in [-0.2, 0) is 14.8 Å². The summed E-state index contributed by atoms with van der Waals surface area (Å²) in [7, 11) is -3.79. The molecule has 1 aromatic carbocycles. The summed E-state index contributed by atoms with van der Waals surface area (Å²) in [6.45, 7) is 2.25. The topological polar surface area (TPSA) is 98.5 Å². The Kier molecular flexibility index (Phi) is 3.22. The molecule has 21 heavy (non-hydrogen) atoms. The SMILES string of the molecule is CC1(NC(=O)C2COc3ccc(S(N)(=O)=O)cc32)CCC1. The molecule has 1 saturated carbocycles. The number of carbonyl (C=O) groups is 1. The van der Waals surface area contributed by atoms with Gasteiger partial charge in [-0.05, 0) is 44.4 Å². The molecule has 1 aliphatic heterocycles. The van der Waals surface area contributed by atoms with Crippen LogP contribution in [0.4, 0.5) is 0 Å². The summed E-state index contributed by atoms with van der Waals surface area (Å²) in [6, 6.07) is 4.38. The number of hydrogen-bond donors (Lipinski definition) is 2. The van der Waals surface area contributed by atoms with Crippen molar-refractivity contribution in [2.75, 3.05) is 6.61 Å². The van der Waals surface area contributed by atoms with Crippen molar-refractivity contribution < 1.29 is 17.9 Å². The zero-order valence-electron chi connectivity index (χ0n) is 11.8. The highest BCUT2D eigenvalue weighted by Gasteiger charge is 2.38. The molecule has 114 valence electrons. The largest absolute Gasteiger partial charge is 0.492 e. The van der Waals surface area contributed by atoms with Gasteiger partial charge in [0.2, 0.25) is 15.9 Å². The zero-order valence-corrected chi connectivity index (χ0v) is 12.6. The Morgan fingerprint density at radius 1 is 1.43 bits per heavy atom. The number of primary sulfonamides is 1. The Labute approximate surface area is 123 Å². The molecule has 1 fully saturated rings. The quantitative estimate of drug-likeness (QED) is 0.865. The molecule has 0 saturated heterocycles. The van der Waals surface area contributed by atoms with Gasteiger partial charge in [0, 0.05) is 11.1 Å². The Hall–Kier alpha value is -1.60. The van der Waals surface area contributed by atoms with Crippen molar-refractivity contribution in [1.82, 2.24) is 5.32 Å². The Morgan fingerprint density at radius 3 is 2.71 bits per heavy atom. The van der Waals surface area contributed by atoms with Crippen molar-refractivity contribution in [3.05, 3.63) is 23.8 Å². The normalized spacial score (nSPS) is 22.9. The van der Waals surface area contributed by atoms with Gasteiger partial charge in [-0.15, -0.1) is 0 Å². The molecule has 0 spiro atoms. The summed E-state index contributed by atoms with van der Waals surface area (Å²) in [5, 5.41) is 8.17. The van der Waals surface area contributed by atoms with E-state index in [2.05, 4.69) is 5.32 Å². The predicted octanol–water partition coefficient (Wildman–Crippen LogP) is 0.869. The first kappa shape index (κ1) is 14.3. The van der Waals surface area contributed by atoms with Gasteiger partial charge in [-0.2, -0.15) is 0 Å². The molecule has 6 nitrogen and oxygen atoms in total. The van der Waals surface area contributed by atoms with E-state index < -0.39 is 15.9 Å². The second-order valence-electron chi connectivity index (χ2n) is 6.01. The fraction of sp³-hybridized carbons (Fsp3) is 0.500. The maximum Gasteiger partial charge on any atom is 0.238 e. The molecule has 2 aliphatic rings. The predicted molar refractivity (Wildman–Crippen MR) is 76.4 cm³/mol. The molecule has 1 atom stereocenters. The molecule has 7 heteroatoms. The second-order valence-corrected chi connectivity index (χ2v) is 7.57. The molecule has 1 amide bonds. The minimum absolute atomic E-state index is 0.000550. The highest BCUT2D eigenvalue weighted by atomic mass is 32.2. The van der Waals surface area contributed by atoms with Gasteiger partial charge in [-0.25, -0.2) is 13.6 Å². The first-order chi connectivity index (χ1) is 9.78. The molecule has 1 heterocycles. The molecule has 1 aliphatic carbocycles. The monoisotopic (exact) mass is 310 g/mol. The molecule has 1 unspecified atom stereocenters. The van der Waals surface area contributed by atoms with E-state index in [4.69, 9.17) is 9.88 Å². The highest BCUT2D eigenvalue weighted by Crippen LogP contribution is 2.37. The van der Waals surface area contributed by atoms with E-state index in [1.165, 1.54) is 12.1 Å². The number of amides is 1. The van der Waals surface area contributed by atoms with Gasteiger partial charge < -0.3 is 10.1 Å². The fourth-order valence-corrected chi connectivity index (χ4v) is 3.35. The lowest BCUT2D eigenvalue weighted by Crippen LogP contribution is -2.52. The lowest BCUT2D eigenvalue weighted by atomic mass is 9.78. The van der Waals surface area contributed by atoms with E-state index in [0.717, 1.165) is 19.3 Å². The second kappa shape index (κ2) is 4.71. The first-order valence-electron chi connectivity index (χ1n) is 6.90. The van der Waals surface area contributed by atoms with Crippen molar-refractivity contribution in [3.8, 4) is 5.75 Å². The van der Waals surface area contributed by atoms with E-state index in [1.54, 1.807) is 6.07 Å². The third kappa shape index (κ3) is 2.63. The number of sulfonamides is 1. The van der Waals surface area contributed by atoms with Crippen LogP contribution >= 0.6 is 0 Å². The number of hydrogen-bond acceptors (Lipinski definition) is 4. The zero-order chi connectivity index (χ0) is 15.3. The Balaban J connectivity index is 1.87. The van der Waals surface area contributed by atoms with Crippen molar-refractivity contribution in [2.45, 2.75) is 42.5 Å². The fourth-order valence-electron chi connectivity index (χ4n) is 2.80. The lowest BCUT2D eigenvalue weighted by molar-refractivity contribution is -0.125. The van der Waals surface area contributed by atoms with Crippen LogP contribution in [0.1, 0.15) is 37.7 Å². The van der Waals surface area contributed by atoms with Gasteiger partial charge in [-0.1, -0.05) is 0 Å². The maximum atomic E-state index is 12.4. The maximum absolute atomic E-state index is 12.4. The minimum Gasteiger partial charge on any atom is -0.492 e. The van der Waals surface area contributed by atoms with Crippen LogP contribution in [0.25, 0.3) is 0 Å². The summed E-state index contributed by atoms with van der Waals surface area (Å²) in [6.07, 6.45) is 3.05. The van der Waals surface area contributed by atoms with E-state index in [1.807, 2.05) is 6.92 Å². The van der Waals surface area contributed by atoms with Crippen LogP contribution in [0.5, 0.6) is 5.75 Å². The van der Waals surface area contributed by atoms with Crippen LogP contribution in [0.2, 0.25) is 0 Å². The summed E-state index contributed by atoms with van der Waals surface area (Å²) in [5.41, 5.74) is 0.444. The third-order valence-electron chi connectivity index (χ3n) is 4.29. The van der Waals surface area contributed by atoms with E-state index in [-0.39, 0.29) is 22.9 Å². The van der Waals surface area contributed by atoms with Crippen molar-refractivity contribution >= 4 is 15.9 Å². The average molecular weight is 310 g/mol.